The maximum Gasteiger partial charge on any atom is 0.0744 e. The molecule has 5 nitrogen and oxygen atoms in total. The zero-order valence-corrected chi connectivity index (χ0v) is 9.49. The second-order valence-electron chi connectivity index (χ2n) is 2.23. The Morgan fingerprint density at radius 1 is 1.50 bits per heavy atom. The van der Waals surface area contributed by atoms with E-state index < -0.39 is 0 Å². The molecule has 0 fully saturated rings. The first-order valence-corrected chi connectivity index (χ1v) is 4.95. The van der Waals surface area contributed by atoms with Crippen LogP contribution in [-0.2, 0) is 0 Å². The van der Waals surface area contributed by atoms with Crippen molar-refractivity contribution in [2.24, 2.45) is 16.2 Å². The number of nitrogens with one attached hydrogen (secondary N) is 1. The normalized spacial score (nSPS) is 11.6. The zero-order valence-electron chi connectivity index (χ0n) is 7.33. The van der Waals surface area contributed by atoms with Crippen LogP contribution in [0, 0.1) is 0 Å². The van der Waals surface area contributed by atoms with Gasteiger partial charge in [-0.3, -0.25) is 0 Å². The van der Waals surface area contributed by atoms with Crippen LogP contribution in [0.5, 0.6) is 0 Å². The summed E-state index contributed by atoms with van der Waals surface area (Å²) in [4.78, 5) is 0. The Bertz CT molecular complexity index is 119. The van der Waals surface area contributed by atoms with Crippen molar-refractivity contribution in [1.29, 1.82) is 0 Å². The fourth-order valence-electron chi connectivity index (χ4n) is 0.670. The van der Waals surface area contributed by atoms with Gasteiger partial charge in [-0.15, -0.1) is 0 Å². The molecular formula is C6H16IN5. The Kier molecular flexibility index (Phi) is 9.18. The van der Waals surface area contributed by atoms with Gasteiger partial charge in [-0.1, -0.05) is 12.1 Å². The van der Waals surface area contributed by atoms with Crippen molar-refractivity contribution in [2.75, 3.05) is 32.7 Å². The van der Waals surface area contributed by atoms with E-state index in [9.17, 15) is 0 Å². The van der Waals surface area contributed by atoms with Crippen molar-refractivity contribution >= 4 is 22.9 Å². The highest BCUT2D eigenvalue weighted by molar-refractivity contribution is 14.1. The number of nitrogens with two attached hydrogens (primary N) is 1. The summed E-state index contributed by atoms with van der Waals surface area (Å²) in [5.41, 5.74) is 0. The zero-order chi connectivity index (χ0) is 9.23. The largest absolute Gasteiger partial charge is 0.314 e. The molecule has 0 rings (SSSR count). The molecule has 0 saturated heterocycles. The van der Waals surface area contributed by atoms with Crippen molar-refractivity contribution in [1.82, 2.24) is 8.43 Å². The van der Waals surface area contributed by atoms with Crippen LogP contribution in [0.15, 0.2) is 10.3 Å². The van der Waals surface area contributed by atoms with Gasteiger partial charge in [-0.05, 0) is 0 Å². The minimum Gasteiger partial charge on any atom is -0.314 e. The lowest BCUT2D eigenvalue weighted by Crippen LogP contribution is -2.27. The van der Waals surface area contributed by atoms with Gasteiger partial charge in [0.05, 0.1) is 6.54 Å². The van der Waals surface area contributed by atoms with Crippen molar-refractivity contribution < 1.29 is 0 Å². The number of rotatable bonds is 7. The molecule has 0 spiro atoms. The Labute approximate surface area is 87.2 Å². The monoisotopic (exact) mass is 285 g/mol. The smallest absolute Gasteiger partial charge is 0.0744 e. The summed E-state index contributed by atoms with van der Waals surface area (Å²) in [5.74, 6) is 4.83. The molecule has 0 saturated carbocycles. The molecule has 0 amide bonds. The standard InChI is InChI=1S/C6H16IN5/c1-2-12(7)6-5-9-3-4-10-11-8/h9H,2-6H2,1H3,(H2,8,10). The van der Waals surface area contributed by atoms with Crippen LogP contribution in [0.3, 0.4) is 0 Å². The highest BCUT2D eigenvalue weighted by atomic mass is 127. The summed E-state index contributed by atoms with van der Waals surface area (Å²) < 4.78 is 2.22. The lowest BCUT2D eigenvalue weighted by molar-refractivity contribution is 0.510. The molecule has 0 unspecified atom stereocenters. The summed E-state index contributed by atoms with van der Waals surface area (Å²) in [7, 11) is 0. The van der Waals surface area contributed by atoms with Crippen LogP contribution < -0.4 is 11.2 Å². The van der Waals surface area contributed by atoms with Gasteiger partial charge in [0.25, 0.3) is 0 Å². The van der Waals surface area contributed by atoms with Gasteiger partial charge in [0.2, 0.25) is 0 Å². The van der Waals surface area contributed by atoms with Crippen molar-refractivity contribution in [2.45, 2.75) is 6.92 Å². The van der Waals surface area contributed by atoms with Crippen LogP contribution in [0.4, 0.5) is 0 Å². The quantitative estimate of drug-likeness (QED) is 0.179. The van der Waals surface area contributed by atoms with Gasteiger partial charge >= 0.3 is 0 Å². The number of halogens is 1. The molecule has 0 aliphatic heterocycles. The van der Waals surface area contributed by atoms with E-state index in [0.29, 0.717) is 6.54 Å². The van der Waals surface area contributed by atoms with Gasteiger partial charge < -0.3 is 11.2 Å². The fourth-order valence-corrected chi connectivity index (χ4v) is 0.911. The summed E-state index contributed by atoms with van der Waals surface area (Å²) in [5, 5.41) is 10.0. The number of likely N-dealkylation sites (N-methyl/N-ethyl adjacent to an activating group) is 1. The van der Waals surface area contributed by atoms with E-state index in [-0.39, 0.29) is 0 Å². The number of hydrogen-bond donors (Lipinski definition) is 2. The molecule has 72 valence electrons. The third-order valence-corrected chi connectivity index (χ3v) is 2.51. The van der Waals surface area contributed by atoms with Crippen LogP contribution in [0.25, 0.3) is 0 Å². The molecule has 0 bridgehead atoms. The van der Waals surface area contributed by atoms with Gasteiger partial charge in [-0.25, -0.2) is 3.11 Å². The van der Waals surface area contributed by atoms with Crippen LogP contribution in [0.2, 0.25) is 0 Å². The fraction of sp³-hybridized carbons (Fsp3) is 1.00. The maximum atomic E-state index is 4.83. The molecule has 12 heavy (non-hydrogen) atoms. The highest BCUT2D eigenvalue weighted by Gasteiger charge is 1.93. The molecule has 0 aromatic heterocycles. The topological polar surface area (TPSA) is 66.0 Å². The summed E-state index contributed by atoms with van der Waals surface area (Å²) >= 11 is 2.31. The first-order valence-electron chi connectivity index (χ1n) is 3.99. The minimum atomic E-state index is 0.657. The van der Waals surface area contributed by atoms with Crippen LogP contribution >= 0.6 is 22.9 Å². The number of hydrogen-bond acceptors (Lipinski definition) is 4. The van der Waals surface area contributed by atoms with Gasteiger partial charge in [0.1, 0.15) is 0 Å². The molecule has 3 N–H and O–H groups in total. The first-order chi connectivity index (χ1) is 5.81. The number of nitrogens with zero attached hydrogens (tertiary/aromatic N) is 3. The summed E-state index contributed by atoms with van der Waals surface area (Å²) in [6.45, 7) is 6.74. The summed E-state index contributed by atoms with van der Waals surface area (Å²) in [6, 6.07) is 0. The summed E-state index contributed by atoms with van der Waals surface area (Å²) in [6.07, 6.45) is 0. The second kappa shape index (κ2) is 9.14. The van der Waals surface area contributed by atoms with Crippen LogP contribution in [-0.4, -0.2) is 35.8 Å². The SMILES string of the molecule is CCN(I)CCNCCN=NN. The molecule has 0 radical (unpaired) electrons. The Morgan fingerprint density at radius 3 is 2.83 bits per heavy atom. The molecule has 0 heterocycles. The molecule has 0 aliphatic carbocycles. The molecule has 0 atom stereocenters. The minimum absolute atomic E-state index is 0.657. The van der Waals surface area contributed by atoms with Gasteiger partial charge in [0, 0.05) is 49.0 Å². The Hall–Kier alpha value is 0.0500. The van der Waals surface area contributed by atoms with Gasteiger partial charge in [0.15, 0.2) is 0 Å². The van der Waals surface area contributed by atoms with E-state index >= 15 is 0 Å². The van der Waals surface area contributed by atoms with Gasteiger partial charge in [-0.2, -0.15) is 5.11 Å². The molecular weight excluding hydrogens is 269 g/mol. The average molecular weight is 285 g/mol. The predicted octanol–water partition coefficient (Wildman–Crippen LogP) is 0.574. The average Bonchev–Trinajstić information content (AvgIpc) is 2.10. The maximum absolute atomic E-state index is 4.83. The van der Waals surface area contributed by atoms with Crippen molar-refractivity contribution in [3.63, 3.8) is 0 Å². The molecule has 6 heteroatoms. The van der Waals surface area contributed by atoms with E-state index in [1.54, 1.807) is 0 Å². The first kappa shape index (κ1) is 12.0. The van der Waals surface area contributed by atoms with Crippen molar-refractivity contribution in [3.8, 4) is 0 Å². The predicted molar refractivity (Wildman–Crippen MR) is 58.0 cm³/mol. The Morgan fingerprint density at radius 2 is 2.25 bits per heavy atom. The lowest BCUT2D eigenvalue weighted by atomic mass is 10.5. The van der Waals surface area contributed by atoms with E-state index in [1.165, 1.54) is 0 Å². The second-order valence-corrected chi connectivity index (χ2v) is 3.60. The molecule has 0 aliphatic rings. The molecule has 0 aromatic carbocycles. The third-order valence-electron chi connectivity index (χ3n) is 1.34. The van der Waals surface area contributed by atoms with E-state index in [2.05, 4.69) is 48.6 Å². The third kappa shape index (κ3) is 8.15. The van der Waals surface area contributed by atoms with Crippen LogP contribution in [0.1, 0.15) is 6.92 Å². The van der Waals surface area contributed by atoms with E-state index in [0.717, 1.165) is 26.2 Å². The molecule has 0 aromatic rings. The Balaban J connectivity index is 3.00. The van der Waals surface area contributed by atoms with E-state index in [1.807, 2.05) is 0 Å². The van der Waals surface area contributed by atoms with E-state index in [4.69, 9.17) is 5.84 Å². The van der Waals surface area contributed by atoms with Crippen molar-refractivity contribution in [3.05, 3.63) is 0 Å². The lowest BCUT2D eigenvalue weighted by Gasteiger charge is -2.10. The highest BCUT2D eigenvalue weighted by Crippen LogP contribution is 1.94.